The summed E-state index contributed by atoms with van der Waals surface area (Å²) in [7, 11) is 1.60. The summed E-state index contributed by atoms with van der Waals surface area (Å²) < 4.78 is 37.8. The molecule has 0 amide bonds. The summed E-state index contributed by atoms with van der Waals surface area (Å²) in [6, 6.07) is 5.57. The highest BCUT2D eigenvalue weighted by Gasteiger charge is 2.32. The van der Waals surface area contributed by atoms with E-state index in [1.165, 1.54) is 7.11 Å². The number of ether oxygens (including phenoxy) is 1. The van der Waals surface area contributed by atoms with Crippen molar-refractivity contribution in [3.05, 3.63) is 30.6 Å². The maximum atomic E-state index is 13.1. The fourth-order valence-electron chi connectivity index (χ4n) is 3.71. The van der Waals surface area contributed by atoms with Gasteiger partial charge < -0.3 is 9.64 Å². The summed E-state index contributed by atoms with van der Waals surface area (Å²) >= 11 is 0. The lowest BCUT2D eigenvalue weighted by Crippen LogP contribution is -2.41. The first-order valence-electron chi connectivity index (χ1n) is 9.14. The fraction of sp³-hybridized carbons (Fsp3) is 0.444. The molecule has 3 heterocycles. The molecule has 1 aromatic carbocycles. The molecule has 0 atom stereocenters. The molecule has 0 bridgehead atoms. The normalized spacial score (nSPS) is 15.9. The fourth-order valence-corrected chi connectivity index (χ4v) is 5.19. The van der Waals surface area contributed by atoms with Gasteiger partial charge in [0.05, 0.1) is 24.1 Å². The second-order valence-electron chi connectivity index (χ2n) is 7.03. The summed E-state index contributed by atoms with van der Waals surface area (Å²) in [5.74, 6) is 1.36. The number of piperidine rings is 1. The molecule has 4 rings (SSSR count). The zero-order chi connectivity index (χ0) is 19.9. The van der Waals surface area contributed by atoms with Gasteiger partial charge in [0.1, 0.15) is 11.4 Å². The molecule has 1 saturated heterocycles. The molecule has 0 unspecified atom stereocenters. The van der Waals surface area contributed by atoms with Gasteiger partial charge in [-0.1, -0.05) is 0 Å². The molecule has 1 aliphatic heterocycles. The van der Waals surface area contributed by atoms with Crippen molar-refractivity contribution < 1.29 is 13.2 Å². The molecule has 3 aromatic rings. The van der Waals surface area contributed by atoms with Crippen LogP contribution in [-0.4, -0.2) is 53.4 Å². The van der Waals surface area contributed by atoms with E-state index in [0.29, 0.717) is 42.9 Å². The topological polar surface area (TPSA) is 94.3 Å². The molecule has 0 saturated carbocycles. The maximum absolute atomic E-state index is 13.1. The van der Waals surface area contributed by atoms with E-state index >= 15 is 0 Å². The first-order chi connectivity index (χ1) is 13.4. The highest BCUT2D eigenvalue weighted by atomic mass is 32.2. The van der Waals surface area contributed by atoms with Gasteiger partial charge in [-0.25, -0.2) is 8.42 Å². The van der Waals surface area contributed by atoms with Crippen molar-refractivity contribution in [2.45, 2.75) is 18.1 Å². The molecule has 2 aromatic heterocycles. The Kier molecular flexibility index (Phi) is 4.66. The Bertz CT molecular complexity index is 1100. The summed E-state index contributed by atoms with van der Waals surface area (Å²) in [4.78, 5) is 2.12. The molecule has 10 heteroatoms. The largest absolute Gasteiger partial charge is 0.494 e. The van der Waals surface area contributed by atoms with Crippen LogP contribution in [0.2, 0.25) is 0 Å². The van der Waals surface area contributed by atoms with E-state index in [4.69, 9.17) is 4.74 Å². The summed E-state index contributed by atoms with van der Waals surface area (Å²) in [6.45, 7) is 1.30. The summed E-state index contributed by atoms with van der Waals surface area (Å²) in [5, 5.41) is 9.01. The summed E-state index contributed by atoms with van der Waals surface area (Å²) in [6.07, 6.45) is 4.67. The average Bonchev–Trinajstić information content (AvgIpc) is 3.28. The van der Waals surface area contributed by atoms with E-state index in [2.05, 4.69) is 19.8 Å². The van der Waals surface area contributed by atoms with Crippen LogP contribution in [0.5, 0.6) is 5.75 Å². The van der Waals surface area contributed by atoms with Gasteiger partial charge in [-0.15, -0.1) is 0 Å². The Balaban J connectivity index is 1.56. The quantitative estimate of drug-likeness (QED) is 0.696. The monoisotopic (exact) mass is 404 g/mol. The predicted molar refractivity (Wildman–Crippen MR) is 108 cm³/mol. The Morgan fingerprint density at radius 2 is 1.93 bits per heavy atom. The van der Waals surface area contributed by atoms with Crippen molar-refractivity contribution in [1.29, 1.82) is 0 Å². The smallest absolute Gasteiger partial charge is 0.235 e. The molecule has 1 aliphatic rings. The van der Waals surface area contributed by atoms with Crippen LogP contribution in [-0.2, 0) is 24.1 Å². The lowest BCUT2D eigenvalue weighted by atomic mass is 10.1. The van der Waals surface area contributed by atoms with Gasteiger partial charge >= 0.3 is 0 Å². The van der Waals surface area contributed by atoms with Crippen molar-refractivity contribution in [2.24, 2.45) is 14.1 Å². The van der Waals surface area contributed by atoms with E-state index in [0.717, 1.165) is 11.2 Å². The van der Waals surface area contributed by atoms with Gasteiger partial charge in [0.2, 0.25) is 10.0 Å². The van der Waals surface area contributed by atoms with Gasteiger partial charge in [0.15, 0.2) is 5.82 Å². The Morgan fingerprint density at radius 3 is 2.57 bits per heavy atom. The molecule has 0 aliphatic carbocycles. The molecule has 150 valence electrons. The highest BCUT2D eigenvalue weighted by molar-refractivity contribution is 7.93. The lowest BCUT2D eigenvalue weighted by Gasteiger charge is -2.32. The van der Waals surface area contributed by atoms with E-state index < -0.39 is 15.3 Å². The third-order valence-corrected chi connectivity index (χ3v) is 7.07. The van der Waals surface area contributed by atoms with Gasteiger partial charge in [0.25, 0.3) is 0 Å². The zero-order valence-corrected chi connectivity index (χ0v) is 17.0. The minimum absolute atomic E-state index is 0.437. The van der Waals surface area contributed by atoms with Crippen LogP contribution in [0.15, 0.2) is 30.6 Å². The van der Waals surface area contributed by atoms with Crippen LogP contribution in [0.25, 0.3) is 10.9 Å². The van der Waals surface area contributed by atoms with Crippen LogP contribution in [0.4, 0.5) is 11.5 Å². The summed E-state index contributed by atoms with van der Waals surface area (Å²) in [5.41, 5.74) is 1.14. The minimum atomic E-state index is -3.58. The SMILES string of the molecule is COc1ccc2cnn(C)c2c1NS(=O)(=O)C1CCN(c2ccn(C)n2)CC1. The number of aryl methyl sites for hydroxylation is 2. The van der Waals surface area contributed by atoms with Crippen LogP contribution in [0, 0.1) is 0 Å². The van der Waals surface area contributed by atoms with Crippen LogP contribution >= 0.6 is 0 Å². The van der Waals surface area contributed by atoms with Crippen LogP contribution < -0.4 is 14.4 Å². The van der Waals surface area contributed by atoms with Gasteiger partial charge in [-0.3, -0.25) is 14.1 Å². The van der Waals surface area contributed by atoms with Crippen molar-refractivity contribution in [3.63, 3.8) is 0 Å². The number of hydrogen-bond donors (Lipinski definition) is 1. The third kappa shape index (κ3) is 3.28. The number of nitrogens with zero attached hydrogens (tertiary/aromatic N) is 5. The third-order valence-electron chi connectivity index (χ3n) is 5.23. The van der Waals surface area contributed by atoms with Crippen molar-refractivity contribution in [2.75, 3.05) is 29.8 Å². The van der Waals surface area contributed by atoms with Crippen molar-refractivity contribution in [1.82, 2.24) is 19.6 Å². The number of anilines is 2. The number of hydrogen-bond acceptors (Lipinski definition) is 6. The Morgan fingerprint density at radius 1 is 1.18 bits per heavy atom. The average molecular weight is 404 g/mol. The van der Waals surface area contributed by atoms with Gasteiger partial charge in [-0.2, -0.15) is 10.2 Å². The molecule has 1 fully saturated rings. The highest BCUT2D eigenvalue weighted by Crippen LogP contribution is 2.35. The van der Waals surface area contributed by atoms with Crippen molar-refractivity contribution in [3.8, 4) is 5.75 Å². The van der Waals surface area contributed by atoms with Crippen LogP contribution in [0.3, 0.4) is 0 Å². The molecule has 28 heavy (non-hydrogen) atoms. The number of sulfonamides is 1. The van der Waals surface area contributed by atoms with E-state index in [1.54, 1.807) is 28.7 Å². The molecule has 0 radical (unpaired) electrons. The number of fused-ring (bicyclic) bond motifs is 1. The Hall–Kier alpha value is -2.75. The maximum Gasteiger partial charge on any atom is 0.235 e. The molecule has 1 N–H and O–H groups in total. The van der Waals surface area contributed by atoms with Crippen LogP contribution in [0.1, 0.15) is 12.8 Å². The standard InChI is InChI=1S/C18H24N6O3S/c1-22-9-8-16(20-22)24-10-6-14(7-11-24)28(25,26)21-17-15(27-3)5-4-13-12-19-23(2)18(13)17/h4-5,8-9,12,14,21H,6-7,10-11H2,1-3H3. The van der Waals surface area contributed by atoms with E-state index in [1.807, 2.05) is 25.4 Å². The second-order valence-corrected chi connectivity index (χ2v) is 8.99. The first-order valence-corrected chi connectivity index (χ1v) is 10.7. The number of aromatic nitrogens is 4. The number of benzene rings is 1. The number of methoxy groups -OCH3 is 1. The van der Waals surface area contributed by atoms with E-state index in [9.17, 15) is 8.42 Å². The molecular weight excluding hydrogens is 380 g/mol. The minimum Gasteiger partial charge on any atom is -0.494 e. The van der Waals surface area contributed by atoms with E-state index in [-0.39, 0.29) is 0 Å². The Labute approximate surface area is 163 Å². The first kappa shape index (κ1) is 18.6. The zero-order valence-electron chi connectivity index (χ0n) is 16.2. The lowest BCUT2D eigenvalue weighted by molar-refractivity contribution is 0.417. The number of nitrogens with one attached hydrogen (secondary N) is 1. The second kappa shape index (κ2) is 7.01. The molecule has 0 spiro atoms. The van der Waals surface area contributed by atoms with Crippen molar-refractivity contribution >= 4 is 32.4 Å². The predicted octanol–water partition coefficient (Wildman–Crippen LogP) is 1.73. The van der Waals surface area contributed by atoms with Gasteiger partial charge in [-0.05, 0) is 25.0 Å². The van der Waals surface area contributed by atoms with Gasteiger partial charge in [0, 0.05) is 44.8 Å². The molecular formula is C18H24N6O3S. The molecule has 9 nitrogen and oxygen atoms in total. The number of rotatable bonds is 5.